The molecule has 3 rings (SSSR count). The molecule has 0 aliphatic carbocycles. The Morgan fingerprint density at radius 1 is 1.08 bits per heavy atom. The molecule has 1 heterocycles. The number of ether oxygens (including phenoxy) is 2. The minimum atomic E-state index is -0.589. The van der Waals surface area contributed by atoms with E-state index in [1.807, 2.05) is 41.8 Å². The summed E-state index contributed by atoms with van der Waals surface area (Å²) in [6.45, 7) is 0.0908. The van der Waals surface area contributed by atoms with Crippen LogP contribution in [0.3, 0.4) is 0 Å². The average Bonchev–Trinajstić information content (AvgIpc) is 3.16. The summed E-state index contributed by atoms with van der Waals surface area (Å²) in [5.74, 6) is -0.516. The molecule has 0 aliphatic rings. The molecule has 5 nitrogen and oxygen atoms in total. The molecule has 25 heavy (non-hydrogen) atoms. The van der Waals surface area contributed by atoms with E-state index >= 15 is 0 Å². The molecule has 0 radical (unpaired) electrons. The van der Waals surface area contributed by atoms with Crippen molar-refractivity contribution >= 4 is 34.0 Å². The predicted molar refractivity (Wildman–Crippen MR) is 96.9 cm³/mol. The van der Waals surface area contributed by atoms with Crippen molar-refractivity contribution in [2.75, 3.05) is 13.7 Å². The van der Waals surface area contributed by atoms with Crippen LogP contribution in [0.2, 0.25) is 0 Å². The smallest absolute Gasteiger partial charge is 0.342 e. The van der Waals surface area contributed by atoms with E-state index in [4.69, 9.17) is 9.47 Å². The first-order valence-corrected chi connectivity index (χ1v) is 8.58. The molecule has 1 amide bonds. The number of carbonyl (C=O) groups is 2. The molecule has 0 fully saturated rings. The van der Waals surface area contributed by atoms with Gasteiger partial charge in [-0.2, -0.15) is 0 Å². The average molecular weight is 355 g/mol. The first-order valence-electron chi connectivity index (χ1n) is 7.70. The van der Waals surface area contributed by atoms with Gasteiger partial charge < -0.3 is 14.8 Å². The zero-order chi connectivity index (χ0) is 17.6. The van der Waals surface area contributed by atoms with E-state index in [1.54, 1.807) is 23.5 Å². The summed E-state index contributed by atoms with van der Waals surface area (Å²) in [4.78, 5) is 25.2. The molecule has 1 aromatic heterocycles. The maximum atomic E-state index is 12.3. The van der Waals surface area contributed by atoms with Crippen LogP contribution in [0.5, 0.6) is 5.75 Å². The Labute approximate surface area is 149 Å². The topological polar surface area (TPSA) is 64.6 Å². The van der Waals surface area contributed by atoms with Crippen LogP contribution in [0.4, 0.5) is 0 Å². The van der Waals surface area contributed by atoms with Gasteiger partial charge in [0.05, 0.1) is 13.7 Å². The number of fused-ring (bicyclic) bond motifs is 1. The van der Waals surface area contributed by atoms with Crippen molar-refractivity contribution in [3.05, 3.63) is 64.4 Å². The van der Waals surface area contributed by atoms with Gasteiger partial charge in [-0.05, 0) is 34.4 Å². The summed E-state index contributed by atoms with van der Waals surface area (Å²) in [6.07, 6.45) is 0. The molecule has 0 spiro atoms. The second kappa shape index (κ2) is 7.81. The van der Waals surface area contributed by atoms with Crippen LogP contribution in [0.1, 0.15) is 15.2 Å². The Balaban J connectivity index is 1.64. The molecule has 0 bridgehead atoms. The van der Waals surface area contributed by atoms with Crippen LogP contribution in [0.15, 0.2) is 53.9 Å². The van der Waals surface area contributed by atoms with Crippen LogP contribution < -0.4 is 10.1 Å². The number of nitrogens with one attached hydrogen (secondary N) is 1. The van der Waals surface area contributed by atoms with Crippen LogP contribution in [-0.4, -0.2) is 25.6 Å². The second-order valence-corrected chi connectivity index (χ2v) is 6.36. The quantitative estimate of drug-likeness (QED) is 0.689. The summed E-state index contributed by atoms with van der Waals surface area (Å²) in [7, 11) is 1.49. The van der Waals surface area contributed by atoms with E-state index in [-0.39, 0.29) is 12.5 Å². The second-order valence-electron chi connectivity index (χ2n) is 5.33. The number of methoxy groups -OCH3 is 1. The number of amides is 1. The number of rotatable bonds is 6. The Morgan fingerprint density at radius 3 is 2.52 bits per heavy atom. The molecular formula is C19H17NO4S. The molecule has 0 saturated heterocycles. The van der Waals surface area contributed by atoms with E-state index < -0.39 is 5.97 Å². The third kappa shape index (κ3) is 4.16. The lowest BCUT2D eigenvalue weighted by molar-refractivity contribution is -0.124. The van der Waals surface area contributed by atoms with Crippen molar-refractivity contribution in [2.45, 2.75) is 6.54 Å². The Hall–Kier alpha value is -2.86. The molecule has 2 aromatic carbocycles. The van der Waals surface area contributed by atoms with Gasteiger partial charge in [0.15, 0.2) is 6.61 Å². The number of thiophene rings is 1. The zero-order valence-corrected chi connectivity index (χ0v) is 14.5. The highest BCUT2D eigenvalue weighted by atomic mass is 32.1. The molecule has 6 heteroatoms. The van der Waals surface area contributed by atoms with E-state index in [0.29, 0.717) is 17.9 Å². The van der Waals surface area contributed by atoms with Gasteiger partial charge >= 0.3 is 5.97 Å². The van der Waals surface area contributed by atoms with Gasteiger partial charge in [0.2, 0.25) is 0 Å². The highest BCUT2D eigenvalue weighted by molar-refractivity contribution is 7.09. The van der Waals surface area contributed by atoms with E-state index in [0.717, 1.165) is 15.6 Å². The van der Waals surface area contributed by atoms with Crippen LogP contribution >= 0.6 is 11.3 Å². The summed E-state index contributed by atoms with van der Waals surface area (Å²) in [5.41, 5.74) is 0.298. The normalized spacial score (nSPS) is 10.4. The predicted octanol–water partition coefficient (Wildman–Crippen LogP) is 3.38. The van der Waals surface area contributed by atoms with E-state index in [9.17, 15) is 9.59 Å². The lowest BCUT2D eigenvalue weighted by Crippen LogP contribution is -2.28. The minimum absolute atomic E-state index is 0.298. The monoisotopic (exact) mass is 355 g/mol. The minimum Gasteiger partial charge on any atom is -0.496 e. The fourth-order valence-corrected chi connectivity index (χ4v) is 3.05. The van der Waals surface area contributed by atoms with Crippen molar-refractivity contribution in [1.82, 2.24) is 5.32 Å². The van der Waals surface area contributed by atoms with Gasteiger partial charge in [0.1, 0.15) is 11.3 Å². The van der Waals surface area contributed by atoms with Gasteiger partial charge in [-0.25, -0.2) is 4.79 Å². The van der Waals surface area contributed by atoms with Crippen molar-refractivity contribution in [1.29, 1.82) is 0 Å². The summed E-state index contributed by atoms with van der Waals surface area (Å²) in [5, 5.41) is 6.51. The van der Waals surface area contributed by atoms with Gasteiger partial charge in [0, 0.05) is 4.88 Å². The lowest BCUT2D eigenvalue weighted by atomic mass is 10.1. The standard InChI is InChI=1S/C19H17NO4S/c1-23-17-10-14-6-3-2-5-13(14)9-16(17)19(22)24-12-18(21)20-11-15-7-4-8-25-15/h2-10H,11-12H2,1H3,(H,20,21). The molecular weight excluding hydrogens is 338 g/mol. The van der Waals surface area contributed by atoms with Gasteiger partial charge in [0.25, 0.3) is 5.91 Å². The molecule has 128 valence electrons. The lowest BCUT2D eigenvalue weighted by Gasteiger charge is -2.10. The van der Waals surface area contributed by atoms with Crippen molar-refractivity contribution in [2.24, 2.45) is 0 Å². The number of hydrogen-bond acceptors (Lipinski definition) is 5. The fourth-order valence-electron chi connectivity index (χ4n) is 2.41. The molecule has 1 N–H and O–H groups in total. The van der Waals surface area contributed by atoms with Gasteiger partial charge in [-0.15, -0.1) is 11.3 Å². The molecule has 0 saturated carbocycles. The fraction of sp³-hybridized carbons (Fsp3) is 0.158. The van der Waals surface area contributed by atoms with Crippen LogP contribution in [0.25, 0.3) is 10.8 Å². The number of esters is 1. The summed E-state index contributed by atoms with van der Waals surface area (Å²) >= 11 is 1.55. The van der Waals surface area contributed by atoms with Gasteiger partial charge in [-0.3, -0.25) is 4.79 Å². The Bertz CT molecular complexity index is 890. The van der Waals surface area contributed by atoms with Crippen molar-refractivity contribution < 1.29 is 19.1 Å². The maximum Gasteiger partial charge on any atom is 0.342 e. The van der Waals surface area contributed by atoms with Gasteiger partial charge in [-0.1, -0.05) is 30.3 Å². The molecule has 3 aromatic rings. The first-order chi connectivity index (χ1) is 12.2. The highest BCUT2D eigenvalue weighted by Gasteiger charge is 2.16. The zero-order valence-electron chi connectivity index (χ0n) is 13.7. The molecule has 0 unspecified atom stereocenters. The number of carbonyl (C=O) groups excluding carboxylic acids is 2. The largest absolute Gasteiger partial charge is 0.496 e. The van der Waals surface area contributed by atoms with E-state index in [1.165, 1.54) is 7.11 Å². The Morgan fingerprint density at radius 2 is 1.84 bits per heavy atom. The van der Waals surface area contributed by atoms with Crippen molar-refractivity contribution in [3.8, 4) is 5.75 Å². The number of benzene rings is 2. The summed E-state index contributed by atoms with van der Waals surface area (Å²) < 4.78 is 10.4. The molecule has 0 aliphatic heterocycles. The first kappa shape index (κ1) is 17.0. The summed E-state index contributed by atoms with van der Waals surface area (Å²) in [6, 6.07) is 15.0. The third-order valence-corrected chi connectivity index (χ3v) is 4.54. The van der Waals surface area contributed by atoms with Crippen LogP contribution in [0, 0.1) is 0 Å². The third-order valence-electron chi connectivity index (χ3n) is 3.66. The van der Waals surface area contributed by atoms with E-state index in [2.05, 4.69) is 5.32 Å². The van der Waals surface area contributed by atoms with Crippen molar-refractivity contribution in [3.63, 3.8) is 0 Å². The number of hydrogen-bond donors (Lipinski definition) is 1. The van der Waals surface area contributed by atoms with Crippen LogP contribution in [-0.2, 0) is 16.1 Å². The SMILES string of the molecule is COc1cc2ccccc2cc1C(=O)OCC(=O)NCc1cccs1. The molecule has 0 atom stereocenters. The highest BCUT2D eigenvalue weighted by Crippen LogP contribution is 2.26. The Kier molecular flexibility index (Phi) is 5.30. The maximum absolute atomic E-state index is 12.3.